The first kappa shape index (κ1) is 17.9. The molecule has 1 aromatic heterocycles. The molecule has 1 heterocycles. The topological polar surface area (TPSA) is 84.0 Å². The summed E-state index contributed by atoms with van der Waals surface area (Å²) in [4.78, 5) is 7.85. The van der Waals surface area contributed by atoms with Gasteiger partial charge in [0, 0.05) is 11.2 Å². The number of sulfonamides is 1. The summed E-state index contributed by atoms with van der Waals surface area (Å²) in [7, 11) is -3.63. The molecular formula is C14H16Cl2N4O2S. The average molecular weight is 375 g/mol. The summed E-state index contributed by atoms with van der Waals surface area (Å²) in [5.74, 6) is 0.296. The minimum absolute atomic E-state index is 0.0371. The molecule has 0 unspecified atom stereocenters. The third-order valence-electron chi connectivity index (χ3n) is 2.56. The largest absolute Gasteiger partial charge is 0.339 e. The van der Waals surface area contributed by atoms with Crippen LogP contribution in [0.1, 0.15) is 20.8 Å². The molecule has 0 amide bonds. The second-order valence-corrected chi connectivity index (χ2v) is 8.27. The van der Waals surface area contributed by atoms with Crippen molar-refractivity contribution < 1.29 is 8.42 Å². The van der Waals surface area contributed by atoms with Crippen LogP contribution in [-0.4, -0.2) is 23.9 Å². The summed E-state index contributed by atoms with van der Waals surface area (Å²) in [6, 6.07) is 6.31. The van der Waals surface area contributed by atoms with Crippen molar-refractivity contribution in [2.45, 2.75) is 31.2 Å². The molecular weight excluding hydrogens is 359 g/mol. The molecule has 0 fully saturated rings. The maximum atomic E-state index is 12.4. The van der Waals surface area contributed by atoms with Crippen molar-refractivity contribution in [1.82, 2.24) is 14.7 Å². The Morgan fingerprint density at radius 1 is 1.17 bits per heavy atom. The van der Waals surface area contributed by atoms with E-state index in [0.717, 1.165) is 0 Å². The van der Waals surface area contributed by atoms with Crippen LogP contribution in [0.4, 0.5) is 11.5 Å². The number of hydrogen-bond acceptors (Lipinski definition) is 5. The van der Waals surface area contributed by atoms with Crippen molar-refractivity contribution in [3.05, 3.63) is 40.8 Å². The number of benzene rings is 1. The maximum Gasteiger partial charge on any atom is 0.241 e. The normalized spacial score (nSPS) is 12.2. The van der Waals surface area contributed by atoms with E-state index in [0.29, 0.717) is 11.5 Å². The summed E-state index contributed by atoms with van der Waals surface area (Å²) in [5, 5.41) is 3.24. The lowest BCUT2D eigenvalue weighted by Gasteiger charge is -2.20. The van der Waals surface area contributed by atoms with Gasteiger partial charge in [-0.15, -0.1) is 0 Å². The van der Waals surface area contributed by atoms with Crippen LogP contribution in [0.2, 0.25) is 10.3 Å². The van der Waals surface area contributed by atoms with Crippen LogP contribution >= 0.6 is 23.2 Å². The first-order chi connectivity index (χ1) is 10.6. The Morgan fingerprint density at radius 3 is 2.52 bits per heavy atom. The monoisotopic (exact) mass is 374 g/mol. The molecule has 0 saturated heterocycles. The summed E-state index contributed by atoms with van der Waals surface area (Å²) >= 11 is 11.7. The van der Waals surface area contributed by atoms with Gasteiger partial charge in [0.25, 0.3) is 0 Å². The molecule has 0 aliphatic heterocycles. The van der Waals surface area contributed by atoms with Crippen LogP contribution in [0.15, 0.2) is 35.4 Å². The fraction of sp³-hybridized carbons (Fsp3) is 0.286. The Bertz CT molecular complexity index is 820. The standard InChI is InChI=1S/C14H16Cl2N4O2S/c1-14(2,3)20-23(21,22)10-6-4-5-9(7-10)18-12-11(15)8-17-13(16)19-12/h4-8,20H,1-3H3,(H,17,18,19). The second kappa shape index (κ2) is 6.60. The molecule has 2 aromatic rings. The number of rotatable bonds is 4. The van der Waals surface area contributed by atoms with Gasteiger partial charge in [-0.2, -0.15) is 4.98 Å². The van der Waals surface area contributed by atoms with E-state index >= 15 is 0 Å². The lowest BCUT2D eigenvalue weighted by atomic mass is 10.1. The van der Waals surface area contributed by atoms with Crippen molar-refractivity contribution >= 4 is 44.7 Å². The fourth-order valence-electron chi connectivity index (χ4n) is 1.77. The van der Waals surface area contributed by atoms with Crippen molar-refractivity contribution in [1.29, 1.82) is 0 Å². The van der Waals surface area contributed by atoms with Gasteiger partial charge >= 0.3 is 0 Å². The van der Waals surface area contributed by atoms with Gasteiger partial charge < -0.3 is 5.32 Å². The molecule has 1 aromatic carbocycles. The predicted octanol–water partition coefficient (Wildman–Crippen LogP) is 3.60. The zero-order valence-corrected chi connectivity index (χ0v) is 15.1. The molecule has 0 radical (unpaired) electrons. The number of hydrogen-bond donors (Lipinski definition) is 2. The quantitative estimate of drug-likeness (QED) is 0.798. The maximum absolute atomic E-state index is 12.4. The Hall–Kier alpha value is -1.41. The van der Waals surface area contributed by atoms with Gasteiger partial charge in [0.15, 0.2) is 5.82 Å². The van der Waals surface area contributed by atoms with E-state index in [4.69, 9.17) is 23.2 Å². The number of anilines is 2. The Morgan fingerprint density at radius 2 is 1.87 bits per heavy atom. The highest BCUT2D eigenvalue weighted by Crippen LogP contribution is 2.25. The Kier molecular flexibility index (Phi) is 5.15. The zero-order chi connectivity index (χ0) is 17.3. The number of nitrogens with zero attached hydrogens (tertiary/aromatic N) is 2. The highest BCUT2D eigenvalue weighted by atomic mass is 35.5. The molecule has 23 heavy (non-hydrogen) atoms. The third kappa shape index (κ3) is 5.04. The molecule has 0 bridgehead atoms. The van der Waals surface area contributed by atoms with Gasteiger partial charge in [-0.1, -0.05) is 17.7 Å². The van der Waals surface area contributed by atoms with Crippen molar-refractivity contribution in [2.75, 3.05) is 5.32 Å². The lowest BCUT2D eigenvalue weighted by Crippen LogP contribution is -2.40. The van der Waals surface area contributed by atoms with E-state index in [1.165, 1.54) is 18.3 Å². The minimum Gasteiger partial charge on any atom is -0.339 e. The van der Waals surface area contributed by atoms with Crippen LogP contribution < -0.4 is 10.0 Å². The molecule has 0 atom stereocenters. The van der Waals surface area contributed by atoms with Crippen LogP contribution in [-0.2, 0) is 10.0 Å². The predicted molar refractivity (Wildman–Crippen MR) is 91.9 cm³/mol. The molecule has 124 valence electrons. The molecule has 0 aliphatic carbocycles. The molecule has 0 spiro atoms. The molecule has 0 aliphatic rings. The minimum atomic E-state index is -3.63. The van der Waals surface area contributed by atoms with E-state index in [-0.39, 0.29) is 15.2 Å². The van der Waals surface area contributed by atoms with Gasteiger partial charge in [-0.25, -0.2) is 18.1 Å². The van der Waals surface area contributed by atoms with Crippen LogP contribution in [0.25, 0.3) is 0 Å². The van der Waals surface area contributed by atoms with E-state index in [1.807, 2.05) is 0 Å². The van der Waals surface area contributed by atoms with Crippen molar-refractivity contribution in [3.8, 4) is 0 Å². The average Bonchev–Trinajstić information content (AvgIpc) is 2.41. The van der Waals surface area contributed by atoms with E-state index in [1.54, 1.807) is 32.9 Å². The van der Waals surface area contributed by atoms with Gasteiger partial charge in [0.1, 0.15) is 5.02 Å². The SMILES string of the molecule is CC(C)(C)NS(=O)(=O)c1cccc(Nc2nc(Cl)ncc2Cl)c1. The molecule has 2 rings (SSSR count). The van der Waals surface area contributed by atoms with Gasteiger partial charge in [0.2, 0.25) is 15.3 Å². The molecule has 2 N–H and O–H groups in total. The first-order valence-electron chi connectivity index (χ1n) is 6.66. The highest BCUT2D eigenvalue weighted by molar-refractivity contribution is 7.89. The Labute approximate surface area is 145 Å². The number of halogens is 2. The van der Waals surface area contributed by atoms with Crippen molar-refractivity contribution in [3.63, 3.8) is 0 Å². The lowest BCUT2D eigenvalue weighted by molar-refractivity contribution is 0.491. The van der Waals surface area contributed by atoms with E-state index < -0.39 is 15.6 Å². The molecule has 0 saturated carbocycles. The van der Waals surface area contributed by atoms with Crippen LogP contribution in [0.3, 0.4) is 0 Å². The van der Waals surface area contributed by atoms with Crippen LogP contribution in [0.5, 0.6) is 0 Å². The van der Waals surface area contributed by atoms with E-state index in [2.05, 4.69) is 20.0 Å². The van der Waals surface area contributed by atoms with E-state index in [9.17, 15) is 8.42 Å². The summed E-state index contributed by atoms with van der Waals surface area (Å²) in [5.41, 5.74) is -0.0652. The first-order valence-corrected chi connectivity index (χ1v) is 8.90. The van der Waals surface area contributed by atoms with Gasteiger partial charge in [-0.05, 0) is 50.6 Å². The zero-order valence-electron chi connectivity index (χ0n) is 12.8. The third-order valence-corrected chi connectivity index (χ3v) is 4.78. The molecule has 9 heteroatoms. The summed E-state index contributed by atoms with van der Waals surface area (Å²) < 4.78 is 27.3. The summed E-state index contributed by atoms with van der Waals surface area (Å²) in [6.07, 6.45) is 1.36. The number of nitrogens with one attached hydrogen (secondary N) is 2. The highest BCUT2D eigenvalue weighted by Gasteiger charge is 2.22. The fourth-order valence-corrected chi connectivity index (χ4v) is 3.51. The van der Waals surface area contributed by atoms with Crippen LogP contribution in [0, 0.1) is 0 Å². The Balaban J connectivity index is 2.32. The molecule has 6 nitrogen and oxygen atoms in total. The van der Waals surface area contributed by atoms with Gasteiger partial charge in [-0.3, -0.25) is 0 Å². The number of aromatic nitrogens is 2. The van der Waals surface area contributed by atoms with Gasteiger partial charge in [0.05, 0.1) is 11.1 Å². The second-order valence-electron chi connectivity index (χ2n) is 5.84. The smallest absolute Gasteiger partial charge is 0.241 e. The van der Waals surface area contributed by atoms with Crippen molar-refractivity contribution in [2.24, 2.45) is 0 Å². The summed E-state index contributed by atoms with van der Waals surface area (Å²) in [6.45, 7) is 5.32.